The van der Waals surface area contributed by atoms with Gasteiger partial charge in [-0.3, -0.25) is 4.79 Å². The largest absolute Gasteiger partial charge is 0.489 e. The maximum atomic E-state index is 12.5. The summed E-state index contributed by atoms with van der Waals surface area (Å²) in [4.78, 5) is 14.8. The van der Waals surface area contributed by atoms with E-state index in [4.69, 9.17) is 9.47 Å². The van der Waals surface area contributed by atoms with Gasteiger partial charge in [0.15, 0.2) is 0 Å². The van der Waals surface area contributed by atoms with Crippen molar-refractivity contribution in [3.05, 3.63) is 54.1 Å². The summed E-state index contributed by atoms with van der Waals surface area (Å²) in [5.74, 6) is 0.532. The number of para-hydroxylation sites is 2. The highest BCUT2D eigenvalue weighted by atomic mass is 16.5. The second-order valence-electron chi connectivity index (χ2n) is 6.26. The maximum absolute atomic E-state index is 12.5. The number of nitrogens with one attached hydrogen (secondary N) is 1. The van der Waals surface area contributed by atoms with Gasteiger partial charge in [-0.15, -0.1) is 0 Å². The van der Waals surface area contributed by atoms with Crippen LogP contribution in [-0.2, 0) is 4.74 Å². The van der Waals surface area contributed by atoms with Crippen LogP contribution in [0.2, 0.25) is 0 Å². The van der Waals surface area contributed by atoms with E-state index in [2.05, 4.69) is 10.2 Å². The first kappa shape index (κ1) is 17.3. The highest BCUT2D eigenvalue weighted by Gasteiger charge is 2.13. The van der Waals surface area contributed by atoms with Crippen molar-refractivity contribution >= 4 is 17.3 Å². The predicted molar refractivity (Wildman–Crippen MR) is 99.6 cm³/mol. The third kappa shape index (κ3) is 4.51. The predicted octanol–water partition coefficient (Wildman–Crippen LogP) is 3.56. The Morgan fingerprint density at radius 3 is 2.44 bits per heavy atom. The average Bonchev–Trinajstić information content (AvgIpc) is 2.64. The average molecular weight is 340 g/mol. The molecule has 2 aromatic rings. The summed E-state index contributed by atoms with van der Waals surface area (Å²) in [5, 5.41) is 2.93. The number of nitrogens with zero attached hydrogens (tertiary/aromatic N) is 1. The number of carbonyl (C=O) groups is 1. The molecule has 0 radical (unpaired) electrons. The Hall–Kier alpha value is -2.53. The van der Waals surface area contributed by atoms with E-state index >= 15 is 0 Å². The second-order valence-corrected chi connectivity index (χ2v) is 6.26. The van der Waals surface area contributed by atoms with Crippen LogP contribution in [-0.4, -0.2) is 38.3 Å². The molecule has 1 amide bonds. The van der Waals surface area contributed by atoms with Gasteiger partial charge in [0.1, 0.15) is 5.75 Å². The molecular weight excluding hydrogens is 316 g/mol. The van der Waals surface area contributed by atoms with E-state index in [1.165, 1.54) is 0 Å². The molecule has 0 bridgehead atoms. The molecule has 5 nitrogen and oxygen atoms in total. The quantitative estimate of drug-likeness (QED) is 0.904. The molecule has 1 aliphatic rings. The normalized spacial score (nSPS) is 14.4. The zero-order valence-electron chi connectivity index (χ0n) is 14.7. The fourth-order valence-corrected chi connectivity index (χ4v) is 2.77. The van der Waals surface area contributed by atoms with Crippen molar-refractivity contribution in [1.29, 1.82) is 0 Å². The number of amides is 1. The fraction of sp³-hybridized carbons (Fsp3) is 0.350. The zero-order chi connectivity index (χ0) is 17.6. The lowest BCUT2D eigenvalue weighted by molar-refractivity contribution is 0.102. The lowest BCUT2D eigenvalue weighted by Crippen LogP contribution is -2.36. The van der Waals surface area contributed by atoms with E-state index in [-0.39, 0.29) is 12.0 Å². The molecule has 1 heterocycles. The number of hydrogen-bond donors (Lipinski definition) is 1. The van der Waals surface area contributed by atoms with Crippen LogP contribution in [0, 0.1) is 0 Å². The van der Waals surface area contributed by atoms with Gasteiger partial charge in [-0.2, -0.15) is 0 Å². The summed E-state index contributed by atoms with van der Waals surface area (Å²) in [6, 6.07) is 15.1. The molecule has 2 aromatic carbocycles. The van der Waals surface area contributed by atoms with Crippen molar-refractivity contribution in [3.63, 3.8) is 0 Å². The third-order valence-electron chi connectivity index (χ3n) is 4.00. The van der Waals surface area contributed by atoms with Gasteiger partial charge in [-0.05, 0) is 50.2 Å². The summed E-state index contributed by atoms with van der Waals surface area (Å²) in [7, 11) is 0. The van der Waals surface area contributed by atoms with Crippen molar-refractivity contribution in [2.75, 3.05) is 36.5 Å². The van der Waals surface area contributed by atoms with Gasteiger partial charge in [0.05, 0.1) is 25.0 Å². The second kappa shape index (κ2) is 8.03. The summed E-state index contributed by atoms with van der Waals surface area (Å²) < 4.78 is 11.1. The molecule has 0 saturated carbocycles. The van der Waals surface area contributed by atoms with Gasteiger partial charge in [-0.1, -0.05) is 12.1 Å². The highest BCUT2D eigenvalue weighted by Crippen LogP contribution is 2.26. The Balaban J connectivity index is 1.69. The van der Waals surface area contributed by atoms with Crippen LogP contribution >= 0.6 is 0 Å². The van der Waals surface area contributed by atoms with Gasteiger partial charge in [0.2, 0.25) is 0 Å². The topological polar surface area (TPSA) is 50.8 Å². The number of hydrogen-bond acceptors (Lipinski definition) is 4. The monoisotopic (exact) mass is 340 g/mol. The Morgan fingerprint density at radius 1 is 1.08 bits per heavy atom. The van der Waals surface area contributed by atoms with E-state index < -0.39 is 0 Å². The summed E-state index contributed by atoms with van der Waals surface area (Å²) in [6.07, 6.45) is 0.0471. The van der Waals surface area contributed by atoms with E-state index in [9.17, 15) is 4.79 Å². The molecule has 5 heteroatoms. The minimum atomic E-state index is -0.145. The molecule has 132 valence electrons. The van der Waals surface area contributed by atoms with Crippen LogP contribution in [0.4, 0.5) is 11.4 Å². The molecule has 25 heavy (non-hydrogen) atoms. The van der Waals surface area contributed by atoms with Gasteiger partial charge < -0.3 is 19.7 Å². The van der Waals surface area contributed by atoms with Gasteiger partial charge in [0, 0.05) is 24.3 Å². The van der Waals surface area contributed by atoms with Crippen LogP contribution < -0.4 is 15.0 Å². The van der Waals surface area contributed by atoms with Crippen LogP contribution in [0.25, 0.3) is 0 Å². The Kier molecular flexibility index (Phi) is 5.56. The van der Waals surface area contributed by atoms with Crippen LogP contribution in [0.3, 0.4) is 0 Å². The molecule has 0 spiro atoms. The summed E-state index contributed by atoms with van der Waals surface area (Å²) >= 11 is 0. The minimum Gasteiger partial charge on any atom is -0.489 e. The maximum Gasteiger partial charge on any atom is 0.255 e. The Labute approximate surface area is 148 Å². The van der Waals surface area contributed by atoms with Crippen molar-refractivity contribution < 1.29 is 14.3 Å². The third-order valence-corrected chi connectivity index (χ3v) is 4.00. The van der Waals surface area contributed by atoms with Crippen molar-refractivity contribution in [2.24, 2.45) is 0 Å². The molecule has 1 N–H and O–H groups in total. The van der Waals surface area contributed by atoms with Crippen molar-refractivity contribution in [1.82, 2.24) is 0 Å². The number of rotatable bonds is 5. The number of ether oxygens (including phenoxy) is 2. The van der Waals surface area contributed by atoms with E-state index in [1.54, 1.807) is 0 Å². The first-order chi connectivity index (χ1) is 12.1. The Bertz CT molecular complexity index is 707. The number of carbonyl (C=O) groups excluding carboxylic acids is 1. The highest BCUT2D eigenvalue weighted by molar-refractivity contribution is 6.05. The van der Waals surface area contributed by atoms with Gasteiger partial charge >= 0.3 is 0 Å². The lowest BCUT2D eigenvalue weighted by atomic mass is 10.1. The summed E-state index contributed by atoms with van der Waals surface area (Å²) in [6.45, 7) is 7.17. The number of anilines is 2. The first-order valence-corrected chi connectivity index (χ1v) is 8.63. The summed E-state index contributed by atoms with van der Waals surface area (Å²) in [5.41, 5.74) is 2.42. The fourth-order valence-electron chi connectivity index (χ4n) is 2.77. The van der Waals surface area contributed by atoms with Crippen molar-refractivity contribution in [2.45, 2.75) is 20.0 Å². The Morgan fingerprint density at radius 2 is 1.76 bits per heavy atom. The molecule has 0 aromatic heterocycles. The van der Waals surface area contributed by atoms with Crippen LogP contribution in [0.1, 0.15) is 24.2 Å². The molecule has 1 saturated heterocycles. The smallest absolute Gasteiger partial charge is 0.255 e. The van der Waals surface area contributed by atoms with E-state index in [0.717, 1.165) is 32.0 Å². The molecule has 0 aliphatic carbocycles. The minimum absolute atomic E-state index is 0.0471. The molecule has 3 rings (SSSR count). The van der Waals surface area contributed by atoms with Crippen LogP contribution in [0.15, 0.2) is 48.5 Å². The number of benzene rings is 2. The molecule has 0 atom stereocenters. The standard InChI is InChI=1S/C20H24N2O3/c1-15(2)25-19-6-4-3-5-18(19)21-20(23)16-7-9-17(10-8-16)22-11-13-24-14-12-22/h3-10,15H,11-14H2,1-2H3,(H,21,23). The van der Waals surface area contributed by atoms with Crippen LogP contribution in [0.5, 0.6) is 5.75 Å². The van der Waals surface area contributed by atoms with Gasteiger partial charge in [0.25, 0.3) is 5.91 Å². The zero-order valence-corrected chi connectivity index (χ0v) is 14.7. The number of morpholine rings is 1. The van der Waals surface area contributed by atoms with Gasteiger partial charge in [-0.25, -0.2) is 0 Å². The molecule has 1 fully saturated rings. The van der Waals surface area contributed by atoms with Crippen molar-refractivity contribution in [3.8, 4) is 5.75 Å². The molecule has 0 unspecified atom stereocenters. The van der Waals surface area contributed by atoms with E-state index in [1.807, 2.05) is 62.4 Å². The first-order valence-electron chi connectivity index (χ1n) is 8.63. The lowest BCUT2D eigenvalue weighted by Gasteiger charge is -2.28. The van der Waals surface area contributed by atoms with E-state index in [0.29, 0.717) is 17.0 Å². The molecular formula is C20H24N2O3. The SMILES string of the molecule is CC(C)Oc1ccccc1NC(=O)c1ccc(N2CCOCC2)cc1. The molecule has 1 aliphatic heterocycles.